The zero-order valence-electron chi connectivity index (χ0n) is 31.2. The number of rotatable bonds is 11. The first-order chi connectivity index (χ1) is 25.9. The average molecular weight is 779 g/mol. The van der Waals surface area contributed by atoms with E-state index in [1.807, 2.05) is 6.08 Å². The van der Waals surface area contributed by atoms with Gasteiger partial charge in [-0.15, -0.1) is 0 Å². The van der Waals surface area contributed by atoms with Gasteiger partial charge in [-0.05, 0) is 88.7 Å². The number of aliphatic hydroxyl groups is 2. The fourth-order valence-corrected chi connectivity index (χ4v) is 9.37. The number of carbonyl (C=O) groups excluding carboxylic acids is 3. The summed E-state index contributed by atoms with van der Waals surface area (Å²) in [5.41, 5.74) is 0.126. The molecule has 0 aliphatic heterocycles. The van der Waals surface area contributed by atoms with Crippen molar-refractivity contribution in [1.29, 1.82) is 0 Å². The Kier molecular flexibility index (Phi) is 11.1. The second-order valence-electron chi connectivity index (χ2n) is 15.5. The molecule has 55 heavy (non-hydrogen) atoms. The Hall–Kier alpha value is -4.86. The van der Waals surface area contributed by atoms with Gasteiger partial charge in [0.15, 0.2) is 5.78 Å². The van der Waals surface area contributed by atoms with Crippen LogP contribution < -0.4 is 9.64 Å². The van der Waals surface area contributed by atoms with Gasteiger partial charge in [-0.3, -0.25) is 19.0 Å². The maximum absolute atomic E-state index is 13.8. The molecule has 0 spiro atoms. The number of fused-ring (bicyclic) bond motifs is 2. The Morgan fingerprint density at radius 1 is 1.05 bits per heavy atom. The van der Waals surface area contributed by atoms with E-state index in [0.29, 0.717) is 28.7 Å². The van der Waals surface area contributed by atoms with E-state index in [1.165, 1.54) is 24.3 Å². The smallest absolute Gasteiger partial charge is 0.415 e. The molecule has 3 aromatic rings. The van der Waals surface area contributed by atoms with Gasteiger partial charge in [-0.1, -0.05) is 75.9 Å². The monoisotopic (exact) mass is 778 g/mol. The summed E-state index contributed by atoms with van der Waals surface area (Å²) in [4.78, 5) is 39.3. The zero-order chi connectivity index (χ0) is 39.9. The lowest BCUT2D eigenvalue weighted by Gasteiger charge is -2.36. The van der Waals surface area contributed by atoms with E-state index >= 15 is 0 Å². The number of Topliss-reactive ketones (excluding diaryl/α,β-unsaturated/α-hetero) is 1. The van der Waals surface area contributed by atoms with Crippen molar-refractivity contribution in [2.45, 2.75) is 101 Å². The summed E-state index contributed by atoms with van der Waals surface area (Å²) in [6.45, 7) is 11.6. The van der Waals surface area contributed by atoms with Gasteiger partial charge in [0.2, 0.25) is 0 Å². The Labute approximate surface area is 319 Å². The van der Waals surface area contributed by atoms with Crippen molar-refractivity contribution in [3.8, 4) is 5.88 Å². The maximum atomic E-state index is 13.8. The van der Waals surface area contributed by atoms with Gasteiger partial charge in [0.25, 0.3) is 9.84 Å². The minimum atomic E-state index is -4.27. The van der Waals surface area contributed by atoms with Crippen molar-refractivity contribution in [2.75, 3.05) is 0 Å². The van der Waals surface area contributed by atoms with Crippen molar-refractivity contribution in [3.63, 3.8) is 0 Å². The third-order valence-corrected chi connectivity index (χ3v) is 13.1. The summed E-state index contributed by atoms with van der Waals surface area (Å²) in [5.74, 6) is -3.53. The van der Waals surface area contributed by atoms with E-state index in [1.54, 1.807) is 44.2 Å². The topological polar surface area (TPSA) is 206 Å². The van der Waals surface area contributed by atoms with E-state index in [0.717, 1.165) is 6.42 Å². The number of aromatic nitrogens is 2. The number of benzene rings is 2. The largest absolute Gasteiger partial charge is 0.461 e. The number of carbonyl (C=O) groups is 3. The minimum Gasteiger partial charge on any atom is -0.461 e. The molecule has 2 aromatic carbocycles. The van der Waals surface area contributed by atoms with Crippen LogP contribution in [0.4, 0.5) is 0 Å². The molecule has 0 radical (unpaired) electrons. The average Bonchev–Trinajstić information content (AvgIpc) is 3.35. The highest BCUT2D eigenvalue weighted by atomic mass is 32.2. The SMILES string of the molecule is C=C1CC[C@H]2[C@@H](/C=C(\C)C(=O)[C@@]3(O)C[C@H](C)[C@H](O)[C@@H]3[C@H]1OC(=O)CCC(=O)OCc1ccc(COc3no[n+]([O-])c3S(=O)(=O)c3ccccc3)cc1)C2(C)C. The van der Waals surface area contributed by atoms with Crippen LogP contribution in [0.5, 0.6) is 5.88 Å². The summed E-state index contributed by atoms with van der Waals surface area (Å²) in [6, 6.07) is 13.9. The number of hydrogen-bond donors (Lipinski definition) is 2. The lowest BCUT2D eigenvalue weighted by Crippen LogP contribution is -2.52. The molecule has 2 saturated carbocycles. The number of hydrogen-bond acceptors (Lipinski definition) is 13. The highest BCUT2D eigenvalue weighted by Crippen LogP contribution is 2.62. The first kappa shape index (κ1) is 39.8. The van der Waals surface area contributed by atoms with Gasteiger partial charge in [-0.2, -0.15) is 0 Å². The van der Waals surface area contributed by atoms with Crippen LogP contribution in [0, 0.1) is 34.3 Å². The van der Waals surface area contributed by atoms with Crippen LogP contribution in [0.15, 0.2) is 92.9 Å². The lowest BCUT2D eigenvalue weighted by atomic mass is 9.77. The van der Waals surface area contributed by atoms with Crippen LogP contribution in [0.1, 0.15) is 70.9 Å². The molecule has 15 heteroatoms. The molecular formula is C40H46N2O12S. The minimum absolute atomic E-state index is 0.00499. The number of nitrogens with zero attached hydrogens (tertiary/aromatic N) is 2. The van der Waals surface area contributed by atoms with Gasteiger partial charge >= 0.3 is 22.8 Å². The lowest BCUT2D eigenvalue weighted by molar-refractivity contribution is -0.832. The molecule has 0 amide bonds. The molecule has 1 aromatic heterocycles. The molecular weight excluding hydrogens is 733 g/mol. The summed E-state index contributed by atoms with van der Waals surface area (Å²) in [7, 11) is -4.27. The zero-order valence-corrected chi connectivity index (χ0v) is 32.0. The number of ketones is 1. The summed E-state index contributed by atoms with van der Waals surface area (Å²) in [5, 5.41) is 38.0. The molecule has 3 aliphatic carbocycles. The van der Waals surface area contributed by atoms with Crippen molar-refractivity contribution >= 4 is 27.6 Å². The van der Waals surface area contributed by atoms with Crippen molar-refractivity contribution in [1.82, 2.24) is 5.16 Å². The predicted molar refractivity (Wildman–Crippen MR) is 193 cm³/mol. The molecule has 2 fully saturated rings. The van der Waals surface area contributed by atoms with Gasteiger partial charge < -0.3 is 29.6 Å². The van der Waals surface area contributed by atoms with E-state index in [2.05, 4.69) is 30.2 Å². The fraction of sp³-hybridized carbons (Fsp3) is 0.475. The predicted octanol–water partition coefficient (Wildman–Crippen LogP) is 4.34. The molecule has 6 rings (SSSR count). The molecule has 7 atom stereocenters. The van der Waals surface area contributed by atoms with E-state index in [4.69, 9.17) is 14.2 Å². The molecule has 2 N–H and O–H groups in total. The Morgan fingerprint density at radius 3 is 2.36 bits per heavy atom. The second kappa shape index (κ2) is 15.3. The highest BCUT2D eigenvalue weighted by Gasteiger charge is 2.61. The number of aliphatic hydroxyl groups excluding tert-OH is 1. The van der Waals surface area contributed by atoms with Crippen LogP contribution in [0.2, 0.25) is 0 Å². The van der Waals surface area contributed by atoms with Crippen LogP contribution in [0.3, 0.4) is 0 Å². The van der Waals surface area contributed by atoms with Crippen molar-refractivity contribution < 1.29 is 56.8 Å². The van der Waals surface area contributed by atoms with Crippen LogP contribution >= 0.6 is 0 Å². The number of esters is 2. The highest BCUT2D eigenvalue weighted by molar-refractivity contribution is 7.91. The third kappa shape index (κ3) is 7.96. The van der Waals surface area contributed by atoms with Crippen molar-refractivity contribution in [2.24, 2.45) is 29.1 Å². The Balaban J connectivity index is 1.03. The quantitative estimate of drug-likeness (QED) is 0.158. The molecule has 0 saturated heterocycles. The number of ether oxygens (including phenoxy) is 3. The van der Waals surface area contributed by atoms with Crippen LogP contribution in [-0.4, -0.2) is 59.3 Å². The molecule has 3 aliphatic rings. The normalized spacial score (nSPS) is 28.5. The van der Waals surface area contributed by atoms with Gasteiger partial charge in [0.05, 0.1) is 34.9 Å². The Bertz CT molecular complexity index is 2090. The second-order valence-corrected chi connectivity index (χ2v) is 17.3. The summed E-state index contributed by atoms with van der Waals surface area (Å²) >= 11 is 0. The molecule has 14 nitrogen and oxygen atoms in total. The maximum Gasteiger partial charge on any atom is 0.415 e. The number of allylic oxidation sites excluding steroid dienone is 1. The molecule has 0 bridgehead atoms. The molecule has 1 heterocycles. The molecule has 0 unspecified atom stereocenters. The van der Waals surface area contributed by atoms with Gasteiger partial charge in [0, 0.05) is 0 Å². The summed E-state index contributed by atoms with van der Waals surface area (Å²) < 4.78 is 47.2. The van der Waals surface area contributed by atoms with Gasteiger partial charge in [0.1, 0.15) is 24.9 Å². The first-order valence-electron chi connectivity index (χ1n) is 18.2. The number of sulfone groups is 1. The van der Waals surface area contributed by atoms with E-state index in [-0.39, 0.29) is 59.5 Å². The standard InChI is InChI=1S/C40H46N2O12S/c1-23-11-16-29-30(39(29,4)5)19-24(2)36(46)40(47)20-25(3)34(45)33(40)35(23)53-32(44)18-17-31(43)51-21-26-12-14-27(15-13-26)22-52-37-38(42(48)54-41-37)55(49,50)28-9-7-6-8-10-28/h6-10,12-15,19,25,29-30,33-35,45,47H,1,11,16-18,20-22H2,2-5H3/b24-19+/t25-,29-,30+,33+,34-,35-,40+/m0/s1. The van der Waals surface area contributed by atoms with Gasteiger partial charge in [-0.25, -0.2) is 8.42 Å². The summed E-state index contributed by atoms with van der Waals surface area (Å²) in [6.07, 6.45) is 0.235. The van der Waals surface area contributed by atoms with Crippen molar-refractivity contribution in [3.05, 3.63) is 94.7 Å². The van der Waals surface area contributed by atoms with Crippen LogP contribution in [-0.2, 0) is 46.9 Å². The van der Waals surface area contributed by atoms with E-state index in [9.17, 15) is 38.2 Å². The van der Waals surface area contributed by atoms with E-state index < -0.39 is 68.1 Å². The first-order valence-corrected chi connectivity index (χ1v) is 19.7. The fourth-order valence-electron chi connectivity index (χ4n) is 8.07. The van der Waals surface area contributed by atoms with Crippen LogP contribution in [0.25, 0.3) is 0 Å². The molecule has 294 valence electrons. The Morgan fingerprint density at radius 2 is 1.69 bits per heavy atom. The third-order valence-electron chi connectivity index (χ3n) is 11.4.